The second-order valence-corrected chi connectivity index (χ2v) is 4.94. The Kier molecular flexibility index (Phi) is 4.43. The van der Waals surface area contributed by atoms with Crippen molar-refractivity contribution < 1.29 is 5.11 Å². The first-order valence-electron chi connectivity index (χ1n) is 6.84. The summed E-state index contributed by atoms with van der Waals surface area (Å²) in [5.41, 5.74) is 2.35. The first kappa shape index (κ1) is 12.4. The first-order chi connectivity index (χ1) is 8.31. The molecule has 17 heavy (non-hydrogen) atoms. The van der Waals surface area contributed by atoms with Crippen LogP contribution >= 0.6 is 0 Å². The van der Waals surface area contributed by atoms with Gasteiger partial charge in [-0.1, -0.05) is 25.5 Å². The Morgan fingerprint density at radius 1 is 1.12 bits per heavy atom. The van der Waals surface area contributed by atoms with Crippen LogP contribution in [0.4, 0.5) is 5.69 Å². The van der Waals surface area contributed by atoms with Gasteiger partial charge in [-0.3, -0.25) is 0 Å². The van der Waals surface area contributed by atoms with E-state index >= 15 is 0 Å². The lowest BCUT2D eigenvalue weighted by molar-refractivity contribution is 0.166. The third-order valence-electron chi connectivity index (χ3n) is 3.56. The van der Waals surface area contributed by atoms with Gasteiger partial charge in [0.25, 0.3) is 0 Å². The molecule has 1 heterocycles. The Balaban J connectivity index is 2.01. The van der Waals surface area contributed by atoms with E-state index in [4.69, 9.17) is 0 Å². The molecule has 1 aromatic carbocycles. The van der Waals surface area contributed by atoms with E-state index in [1.54, 1.807) is 0 Å². The highest BCUT2D eigenvalue weighted by atomic mass is 16.3. The highest BCUT2D eigenvalue weighted by molar-refractivity contribution is 5.48. The van der Waals surface area contributed by atoms with Crippen LogP contribution in [0, 0.1) is 0 Å². The highest BCUT2D eigenvalue weighted by Crippen LogP contribution is 2.24. The molecule has 1 aliphatic rings. The first-order valence-corrected chi connectivity index (χ1v) is 6.84. The number of hydrogen-bond acceptors (Lipinski definition) is 2. The quantitative estimate of drug-likeness (QED) is 0.860. The van der Waals surface area contributed by atoms with Gasteiger partial charge in [-0.2, -0.15) is 0 Å². The van der Waals surface area contributed by atoms with Crippen molar-refractivity contribution in [1.82, 2.24) is 0 Å². The van der Waals surface area contributed by atoms with E-state index < -0.39 is 0 Å². The predicted octanol–water partition coefficient (Wildman–Crippen LogP) is 3.51. The highest BCUT2D eigenvalue weighted by Gasteiger charge is 2.11. The maximum atomic E-state index is 9.91. The topological polar surface area (TPSA) is 23.5 Å². The smallest absolute Gasteiger partial charge is 0.0790 e. The molecule has 0 saturated carbocycles. The van der Waals surface area contributed by atoms with E-state index in [0.717, 1.165) is 18.4 Å². The molecule has 1 aromatic rings. The summed E-state index contributed by atoms with van der Waals surface area (Å²) in [7, 11) is 0. The molecule has 2 rings (SSSR count). The third kappa shape index (κ3) is 3.22. The summed E-state index contributed by atoms with van der Waals surface area (Å²) in [6.45, 7) is 4.46. The van der Waals surface area contributed by atoms with Crippen molar-refractivity contribution >= 4 is 5.69 Å². The van der Waals surface area contributed by atoms with Crippen LogP contribution in [0.15, 0.2) is 24.3 Å². The Bertz CT molecular complexity index is 327. The summed E-state index contributed by atoms with van der Waals surface area (Å²) in [6, 6.07) is 8.45. The van der Waals surface area contributed by atoms with Crippen molar-refractivity contribution in [1.29, 1.82) is 0 Å². The monoisotopic (exact) mass is 233 g/mol. The SMILES string of the molecule is CCCC(O)c1ccc(N2CCCCC2)cc1. The molecule has 1 aliphatic heterocycles. The molecule has 0 aliphatic carbocycles. The molecular formula is C15H23NO. The molecule has 0 bridgehead atoms. The van der Waals surface area contributed by atoms with Gasteiger partial charge >= 0.3 is 0 Å². The second-order valence-electron chi connectivity index (χ2n) is 4.94. The van der Waals surface area contributed by atoms with Crippen LogP contribution < -0.4 is 4.90 Å². The van der Waals surface area contributed by atoms with Crippen LogP contribution in [-0.2, 0) is 0 Å². The Morgan fingerprint density at radius 3 is 2.35 bits per heavy atom. The zero-order valence-electron chi connectivity index (χ0n) is 10.7. The summed E-state index contributed by atoms with van der Waals surface area (Å²) in [6.07, 6.45) is 5.55. The number of hydrogen-bond donors (Lipinski definition) is 1. The number of piperidine rings is 1. The van der Waals surface area contributed by atoms with E-state index in [0.29, 0.717) is 0 Å². The lowest BCUT2D eigenvalue weighted by Crippen LogP contribution is -2.29. The minimum Gasteiger partial charge on any atom is -0.388 e. The Morgan fingerprint density at radius 2 is 1.76 bits per heavy atom. The average molecular weight is 233 g/mol. The summed E-state index contributed by atoms with van der Waals surface area (Å²) in [5, 5.41) is 9.91. The molecule has 1 atom stereocenters. The van der Waals surface area contributed by atoms with Crippen molar-refractivity contribution in [3.05, 3.63) is 29.8 Å². The van der Waals surface area contributed by atoms with E-state index in [1.165, 1.54) is 38.0 Å². The minimum absolute atomic E-state index is 0.296. The lowest BCUT2D eigenvalue weighted by Gasteiger charge is -2.29. The van der Waals surface area contributed by atoms with Crippen molar-refractivity contribution in [2.24, 2.45) is 0 Å². The molecule has 0 spiro atoms. The van der Waals surface area contributed by atoms with E-state index in [-0.39, 0.29) is 6.10 Å². The summed E-state index contributed by atoms with van der Waals surface area (Å²) in [4.78, 5) is 2.44. The number of nitrogens with zero attached hydrogens (tertiary/aromatic N) is 1. The van der Waals surface area contributed by atoms with Crippen molar-refractivity contribution in [2.75, 3.05) is 18.0 Å². The molecule has 1 saturated heterocycles. The van der Waals surface area contributed by atoms with Gasteiger partial charge in [0.2, 0.25) is 0 Å². The van der Waals surface area contributed by atoms with Gasteiger partial charge in [0.05, 0.1) is 6.10 Å². The van der Waals surface area contributed by atoms with E-state index in [1.807, 2.05) is 0 Å². The number of aliphatic hydroxyl groups is 1. The van der Waals surface area contributed by atoms with Gasteiger partial charge in [-0.15, -0.1) is 0 Å². The second kappa shape index (κ2) is 6.06. The largest absolute Gasteiger partial charge is 0.388 e. The molecule has 0 aromatic heterocycles. The molecule has 1 N–H and O–H groups in total. The molecular weight excluding hydrogens is 210 g/mol. The fourth-order valence-electron chi connectivity index (χ4n) is 2.50. The zero-order valence-corrected chi connectivity index (χ0v) is 10.7. The van der Waals surface area contributed by atoms with Crippen LogP contribution in [0.5, 0.6) is 0 Å². The van der Waals surface area contributed by atoms with Gasteiger partial charge < -0.3 is 10.0 Å². The van der Waals surface area contributed by atoms with Crippen LogP contribution in [-0.4, -0.2) is 18.2 Å². The normalized spacial score (nSPS) is 18.1. The van der Waals surface area contributed by atoms with Crippen LogP contribution in [0.2, 0.25) is 0 Å². The van der Waals surface area contributed by atoms with Crippen LogP contribution in [0.25, 0.3) is 0 Å². The predicted molar refractivity (Wildman–Crippen MR) is 72.4 cm³/mol. The Labute approximate surface area is 104 Å². The molecule has 94 valence electrons. The fourth-order valence-corrected chi connectivity index (χ4v) is 2.50. The molecule has 1 unspecified atom stereocenters. The number of aliphatic hydroxyl groups excluding tert-OH is 1. The van der Waals surface area contributed by atoms with Crippen molar-refractivity contribution in [3.63, 3.8) is 0 Å². The molecule has 0 radical (unpaired) electrons. The zero-order chi connectivity index (χ0) is 12.1. The lowest BCUT2D eigenvalue weighted by atomic mass is 10.0. The third-order valence-corrected chi connectivity index (χ3v) is 3.56. The number of benzene rings is 1. The van der Waals surface area contributed by atoms with Crippen LogP contribution in [0.1, 0.15) is 50.7 Å². The van der Waals surface area contributed by atoms with Gasteiger partial charge in [0.1, 0.15) is 0 Å². The van der Waals surface area contributed by atoms with Gasteiger partial charge in [-0.25, -0.2) is 0 Å². The van der Waals surface area contributed by atoms with Crippen molar-refractivity contribution in [2.45, 2.75) is 45.1 Å². The number of anilines is 1. The van der Waals surface area contributed by atoms with Gasteiger partial charge in [-0.05, 0) is 43.4 Å². The van der Waals surface area contributed by atoms with Crippen molar-refractivity contribution in [3.8, 4) is 0 Å². The minimum atomic E-state index is -0.296. The molecule has 2 heteroatoms. The maximum absolute atomic E-state index is 9.91. The van der Waals surface area contributed by atoms with E-state index in [9.17, 15) is 5.11 Å². The Hall–Kier alpha value is -1.02. The van der Waals surface area contributed by atoms with Crippen LogP contribution in [0.3, 0.4) is 0 Å². The summed E-state index contributed by atoms with van der Waals surface area (Å²) in [5.74, 6) is 0. The fraction of sp³-hybridized carbons (Fsp3) is 0.600. The van der Waals surface area contributed by atoms with E-state index in [2.05, 4.69) is 36.1 Å². The molecule has 1 fully saturated rings. The van der Waals surface area contributed by atoms with Gasteiger partial charge in [0.15, 0.2) is 0 Å². The summed E-state index contributed by atoms with van der Waals surface area (Å²) >= 11 is 0. The standard InChI is InChI=1S/C15H23NO/c1-2-6-15(17)13-7-9-14(10-8-13)16-11-4-3-5-12-16/h7-10,15,17H,2-6,11-12H2,1H3. The molecule has 2 nitrogen and oxygen atoms in total. The molecule has 0 amide bonds. The maximum Gasteiger partial charge on any atom is 0.0790 e. The number of rotatable bonds is 4. The summed E-state index contributed by atoms with van der Waals surface area (Å²) < 4.78 is 0. The average Bonchev–Trinajstić information content (AvgIpc) is 2.40. The van der Waals surface area contributed by atoms with Gasteiger partial charge in [0, 0.05) is 18.8 Å².